The fourth-order valence-corrected chi connectivity index (χ4v) is 3.10. The molecule has 0 aromatic heterocycles. The van der Waals surface area contributed by atoms with E-state index < -0.39 is 0 Å². The number of hydrogen-bond acceptors (Lipinski definition) is 2. The van der Waals surface area contributed by atoms with Crippen molar-refractivity contribution >= 4 is 5.91 Å². The monoisotopic (exact) mass is 210 g/mol. The zero-order chi connectivity index (χ0) is 10.7. The number of nitrogens with zero attached hydrogens (tertiary/aromatic N) is 1. The van der Waals surface area contributed by atoms with Gasteiger partial charge in [-0.25, -0.2) is 0 Å². The lowest BCUT2D eigenvalue weighted by Gasteiger charge is -2.47. The second kappa shape index (κ2) is 4.52. The van der Waals surface area contributed by atoms with Crippen molar-refractivity contribution in [3.8, 4) is 0 Å². The van der Waals surface area contributed by atoms with E-state index in [1.54, 1.807) is 0 Å². The molecule has 2 fully saturated rings. The Kier molecular flexibility index (Phi) is 3.29. The molecule has 2 N–H and O–H groups in total. The highest BCUT2D eigenvalue weighted by Gasteiger charge is 2.39. The molecule has 0 aromatic carbocycles. The summed E-state index contributed by atoms with van der Waals surface area (Å²) < 4.78 is 0. The van der Waals surface area contributed by atoms with Gasteiger partial charge in [0, 0.05) is 19.5 Å². The van der Waals surface area contributed by atoms with Crippen LogP contribution in [0.5, 0.6) is 0 Å². The molecule has 0 bridgehead atoms. The van der Waals surface area contributed by atoms with Crippen LogP contribution in [0.25, 0.3) is 0 Å². The van der Waals surface area contributed by atoms with Crippen molar-refractivity contribution in [3.05, 3.63) is 0 Å². The maximum absolute atomic E-state index is 11.9. The molecule has 1 amide bonds. The summed E-state index contributed by atoms with van der Waals surface area (Å²) in [5, 5.41) is 0. The van der Waals surface area contributed by atoms with E-state index >= 15 is 0 Å². The average molecular weight is 210 g/mol. The number of rotatable bonds is 2. The smallest absolute Gasteiger partial charge is 0.223 e. The molecule has 1 aliphatic heterocycles. The van der Waals surface area contributed by atoms with Crippen molar-refractivity contribution < 1.29 is 4.79 Å². The molecule has 15 heavy (non-hydrogen) atoms. The van der Waals surface area contributed by atoms with Crippen molar-refractivity contribution in [3.63, 3.8) is 0 Å². The van der Waals surface area contributed by atoms with Gasteiger partial charge in [0.25, 0.3) is 0 Å². The Morgan fingerprint density at radius 1 is 1.13 bits per heavy atom. The molecule has 1 saturated carbocycles. The second-order valence-electron chi connectivity index (χ2n) is 4.99. The molecular formula is C12H22N2O. The van der Waals surface area contributed by atoms with E-state index in [-0.39, 0.29) is 5.54 Å². The van der Waals surface area contributed by atoms with Crippen LogP contribution >= 0.6 is 0 Å². The number of nitrogens with two attached hydrogens (primary N) is 1. The van der Waals surface area contributed by atoms with E-state index in [9.17, 15) is 4.79 Å². The summed E-state index contributed by atoms with van der Waals surface area (Å²) in [4.78, 5) is 14.0. The first-order valence-corrected chi connectivity index (χ1v) is 6.29. The zero-order valence-electron chi connectivity index (χ0n) is 9.50. The summed E-state index contributed by atoms with van der Waals surface area (Å²) in [6.07, 6.45) is 8.99. The van der Waals surface area contributed by atoms with Gasteiger partial charge in [0.15, 0.2) is 0 Å². The molecular weight excluding hydrogens is 188 g/mol. The molecule has 1 aliphatic carbocycles. The molecule has 86 valence electrons. The van der Waals surface area contributed by atoms with Crippen molar-refractivity contribution in [2.75, 3.05) is 13.1 Å². The number of piperidine rings is 1. The van der Waals surface area contributed by atoms with Gasteiger partial charge in [0.2, 0.25) is 5.91 Å². The molecule has 2 aliphatic rings. The highest BCUT2D eigenvalue weighted by atomic mass is 16.2. The number of carbonyl (C=O) groups excluding carboxylic acids is 1. The standard InChI is InChI=1S/C12H22N2O/c13-10-12(7-3-1-4-8-12)14-9-5-2-6-11(14)15/h1-10,13H2. The first-order valence-electron chi connectivity index (χ1n) is 6.29. The van der Waals surface area contributed by atoms with Crippen LogP contribution < -0.4 is 5.73 Å². The van der Waals surface area contributed by atoms with E-state index in [0.29, 0.717) is 12.5 Å². The lowest BCUT2D eigenvalue weighted by Crippen LogP contribution is -2.58. The highest BCUT2D eigenvalue weighted by Crippen LogP contribution is 2.35. The Hall–Kier alpha value is -0.570. The van der Waals surface area contributed by atoms with Crippen LogP contribution in [-0.2, 0) is 4.79 Å². The van der Waals surface area contributed by atoms with Crippen molar-refractivity contribution in [2.45, 2.75) is 56.9 Å². The lowest BCUT2D eigenvalue weighted by molar-refractivity contribution is -0.141. The van der Waals surface area contributed by atoms with Gasteiger partial charge >= 0.3 is 0 Å². The third-order valence-electron chi connectivity index (χ3n) is 4.06. The summed E-state index contributed by atoms with van der Waals surface area (Å²) in [5.74, 6) is 0.341. The first-order chi connectivity index (χ1) is 7.28. The van der Waals surface area contributed by atoms with Gasteiger partial charge in [-0.05, 0) is 25.7 Å². The third-order valence-corrected chi connectivity index (χ3v) is 4.06. The van der Waals surface area contributed by atoms with E-state index in [1.807, 2.05) is 0 Å². The summed E-state index contributed by atoms with van der Waals surface area (Å²) in [6, 6.07) is 0. The van der Waals surface area contributed by atoms with Gasteiger partial charge in [-0.1, -0.05) is 19.3 Å². The fourth-order valence-electron chi connectivity index (χ4n) is 3.10. The fraction of sp³-hybridized carbons (Fsp3) is 0.917. The number of amides is 1. The lowest BCUT2D eigenvalue weighted by atomic mass is 9.79. The quantitative estimate of drug-likeness (QED) is 0.753. The Bertz CT molecular complexity index is 234. The van der Waals surface area contributed by atoms with Gasteiger partial charge < -0.3 is 10.6 Å². The van der Waals surface area contributed by atoms with E-state index in [4.69, 9.17) is 5.73 Å². The normalized spacial score (nSPS) is 26.7. The van der Waals surface area contributed by atoms with Crippen LogP contribution in [0, 0.1) is 0 Å². The molecule has 0 spiro atoms. The topological polar surface area (TPSA) is 46.3 Å². The predicted molar refractivity (Wildman–Crippen MR) is 60.4 cm³/mol. The number of likely N-dealkylation sites (tertiary alicyclic amines) is 1. The number of hydrogen-bond donors (Lipinski definition) is 1. The van der Waals surface area contributed by atoms with Crippen LogP contribution in [0.2, 0.25) is 0 Å². The van der Waals surface area contributed by atoms with Crippen LogP contribution in [0.3, 0.4) is 0 Å². The maximum atomic E-state index is 11.9. The molecule has 3 nitrogen and oxygen atoms in total. The minimum absolute atomic E-state index is 0.0236. The maximum Gasteiger partial charge on any atom is 0.223 e. The van der Waals surface area contributed by atoms with Crippen LogP contribution in [0.1, 0.15) is 51.4 Å². The molecule has 1 saturated heterocycles. The third kappa shape index (κ3) is 2.03. The van der Waals surface area contributed by atoms with Crippen LogP contribution in [-0.4, -0.2) is 29.4 Å². The van der Waals surface area contributed by atoms with Gasteiger partial charge in [-0.15, -0.1) is 0 Å². The predicted octanol–water partition coefficient (Wildman–Crippen LogP) is 1.66. The SMILES string of the molecule is NCC1(N2CCCCC2=O)CCCCC1. The van der Waals surface area contributed by atoms with Gasteiger partial charge in [-0.2, -0.15) is 0 Å². The minimum Gasteiger partial charge on any atom is -0.336 e. The highest BCUT2D eigenvalue weighted by molar-refractivity contribution is 5.77. The Morgan fingerprint density at radius 3 is 2.47 bits per heavy atom. The molecule has 0 radical (unpaired) electrons. The van der Waals surface area contributed by atoms with E-state index in [0.717, 1.165) is 38.6 Å². The molecule has 3 heteroatoms. The summed E-state index contributed by atoms with van der Waals surface area (Å²) in [7, 11) is 0. The van der Waals surface area contributed by atoms with Gasteiger partial charge in [0.05, 0.1) is 5.54 Å². The van der Waals surface area contributed by atoms with Crippen molar-refractivity contribution in [1.82, 2.24) is 4.90 Å². The van der Waals surface area contributed by atoms with Crippen molar-refractivity contribution in [2.24, 2.45) is 5.73 Å². The summed E-state index contributed by atoms with van der Waals surface area (Å²) in [6.45, 7) is 1.59. The molecule has 1 heterocycles. The van der Waals surface area contributed by atoms with Crippen molar-refractivity contribution in [1.29, 1.82) is 0 Å². The Balaban J connectivity index is 2.12. The molecule has 0 unspecified atom stereocenters. The number of carbonyl (C=O) groups is 1. The summed E-state index contributed by atoms with van der Waals surface area (Å²) in [5.41, 5.74) is 5.96. The molecule has 2 rings (SSSR count). The van der Waals surface area contributed by atoms with Gasteiger partial charge in [-0.3, -0.25) is 4.79 Å². The molecule has 0 aromatic rings. The molecule has 0 atom stereocenters. The van der Waals surface area contributed by atoms with Crippen LogP contribution in [0.4, 0.5) is 0 Å². The Morgan fingerprint density at radius 2 is 1.87 bits per heavy atom. The summed E-state index contributed by atoms with van der Waals surface area (Å²) >= 11 is 0. The first kappa shape index (κ1) is 10.9. The van der Waals surface area contributed by atoms with E-state index in [1.165, 1.54) is 19.3 Å². The van der Waals surface area contributed by atoms with Gasteiger partial charge in [0.1, 0.15) is 0 Å². The average Bonchev–Trinajstić information content (AvgIpc) is 2.30. The zero-order valence-corrected chi connectivity index (χ0v) is 9.50. The van der Waals surface area contributed by atoms with Crippen LogP contribution in [0.15, 0.2) is 0 Å². The van der Waals surface area contributed by atoms with E-state index in [2.05, 4.69) is 4.90 Å². The largest absolute Gasteiger partial charge is 0.336 e. The Labute approximate surface area is 92.0 Å². The minimum atomic E-state index is 0.0236. The second-order valence-corrected chi connectivity index (χ2v) is 4.99.